The first-order valence-corrected chi connectivity index (χ1v) is 13.2. The number of likely N-dealkylation sites (tertiary alicyclic amines) is 1. The van der Waals surface area contributed by atoms with Crippen molar-refractivity contribution in [3.05, 3.63) is 52.6 Å². The molecule has 2 N–H and O–H groups in total. The molecule has 0 radical (unpaired) electrons. The first-order valence-electron chi connectivity index (χ1n) is 12.8. The van der Waals surface area contributed by atoms with Gasteiger partial charge in [-0.2, -0.15) is 0 Å². The van der Waals surface area contributed by atoms with E-state index in [0.29, 0.717) is 36.4 Å². The highest BCUT2D eigenvalue weighted by atomic mass is 35.5. The SMILES string of the molecule is COc1ccc(F)c(Cl)c1[C@@H](C)Oc1c(N)ncc2c(C3=CCN(C(=O)C4CCN(C)CC4)CC3)coc12. The van der Waals surface area contributed by atoms with E-state index >= 15 is 0 Å². The monoisotopic (exact) mass is 542 g/mol. The molecule has 10 heteroatoms. The van der Waals surface area contributed by atoms with E-state index in [-0.39, 0.29) is 28.4 Å². The Hall–Kier alpha value is -3.30. The van der Waals surface area contributed by atoms with Gasteiger partial charge in [-0.15, -0.1) is 0 Å². The van der Waals surface area contributed by atoms with Crippen LogP contribution in [0.4, 0.5) is 10.2 Å². The lowest BCUT2D eigenvalue weighted by Gasteiger charge is -2.33. The van der Waals surface area contributed by atoms with E-state index in [1.807, 2.05) is 4.90 Å². The summed E-state index contributed by atoms with van der Waals surface area (Å²) in [6, 6.07) is 2.74. The van der Waals surface area contributed by atoms with Gasteiger partial charge in [0.25, 0.3) is 0 Å². The summed E-state index contributed by atoms with van der Waals surface area (Å²) in [5.74, 6) is 0.568. The molecule has 3 aromatic rings. The molecule has 1 saturated heterocycles. The Morgan fingerprint density at radius 1 is 1.29 bits per heavy atom. The predicted molar refractivity (Wildman–Crippen MR) is 145 cm³/mol. The lowest BCUT2D eigenvalue weighted by molar-refractivity contribution is -0.136. The highest BCUT2D eigenvalue weighted by molar-refractivity contribution is 6.31. The number of carbonyl (C=O) groups is 1. The van der Waals surface area contributed by atoms with E-state index in [4.69, 9.17) is 31.2 Å². The molecule has 0 aliphatic carbocycles. The zero-order chi connectivity index (χ0) is 27.0. The smallest absolute Gasteiger partial charge is 0.226 e. The van der Waals surface area contributed by atoms with Gasteiger partial charge in [-0.25, -0.2) is 9.37 Å². The Morgan fingerprint density at radius 3 is 2.74 bits per heavy atom. The average molecular weight is 543 g/mol. The van der Waals surface area contributed by atoms with Crippen molar-refractivity contribution in [1.82, 2.24) is 14.8 Å². The van der Waals surface area contributed by atoms with Crippen molar-refractivity contribution in [3.8, 4) is 11.5 Å². The zero-order valence-corrected chi connectivity index (χ0v) is 22.6. The maximum Gasteiger partial charge on any atom is 0.226 e. The van der Waals surface area contributed by atoms with Gasteiger partial charge >= 0.3 is 0 Å². The summed E-state index contributed by atoms with van der Waals surface area (Å²) in [5.41, 5.74) is 8.94. The van der Waals surface area contributed by atoms with Crippen LogP contribution in [0, 0.1) is 11.7 Å². The second-order valence-electron chi connectivity index (χ2n) is 9.94. The first kappa shape index (κ1) is 26.3. The number of piperidine rings is 1. The number of carbonyl (C=O) groups excluding carboxylic acids is 1. The van der Waals surface area contributed by atoms with Crippen LogP contribution in [0.3, 0.4) is 0 Å². The van der Waals surface area contributed by atoms with Crippen molar-refractivity contribution in [2.24, 2.45) is 5.92 Å². The highest BCUT2D eigenvalue weighted by Gasteiger charge is 2.29. The first-order chi connectivity index (χ1) is 18.3. The number of benzene rings is 1. The number of nitrogen functional groups attached to an aromatic ring is 1. The second kappa shape index (κ2) is 10.8. The van der Waals surface area contributed by atoms with Crippen molar-refractivity contribution in [2.45, 2.75) is 32.3 Å². The fourth-order valence-corrected chi connectivity index (χ4v) is 5.62. The van der Waals surface area contributed by atoms with Crippen LogP contribution in [0.15, 0.2) is 35.1 Å². The van der Waals surface area contributed by atoms with Crippen molar-refractivity contribution in [3.63, 3.8) is 0 Å². The zero-order valence-electron chi connectivity index (χ0n) is 21.8. The van der Waals surface area contributed by atoms with Gasteiger partial charge in [0.1, 0.15) is 17.7 Å². The van der Waals surface area contributed by atoms with E-state index < -0.39 is 11.9 Å². The number of pyridine rings is 1. The van der Waals surface area contributed by atoms with E-state index in [9.17, 15) is 9.18 Å². The van der Waals surface area contributed by atoms with E-state index in [1.165, 1.54) is 19.2 Å². The number of ether oxygens (including phenoxy) is 2. The summed E-state index contributed by atoms with van der Waals surface area (Å²) in [7, 11) is 3.58. The van der Waals surface area contributed by atoms with Gasteiger partial charge in [-0.1, -0.05) is 17.7 Å². The second-order valence-corrected chi connectivity index (χ2v) is 10.3. The molecule has 0 spiro atoms. The fraction of sp³-hybridized carbons (Fsp3) is 0.429. The predicted octanol–water partition coefficient (Wildman–Crippen LogP) is 5.31. The van der Waals surface area contributed by atoms with Crippen molar-refractivity contribution in [1.29, 1.82) is 0 Å². The van der Waals surface area contributed by atoms with Crippen LogP contribution in [0.2, 0.25) is 5.02 Å². The number of hydrogen-bond acceptors (Lipinski definition) is 7. The molecule has 1 atom stereocenters. The van der Waals surface area contributed by atoms with E-state index in [0.717, 1.165) is 42.5 Å². The molecule has 2 aliphatic heterocycles. The summed E-state index contributed by atoms with van der Waals surface area (Å²) in [4.78, 5) is 21.6. The van der Waals surface area contributed by atoms with Gasteiger partial charge in [0.05, 0.1) is 29.3 Å². The third-order valence-electron chi connectivity index (χ3n) is 7.55. The lowest BCUT2D eigenvalue weighted by Crippen LogP contribution is -2.43. The lowest BCUT2D eigenvalue weighted by atomic mass is 9.94. The number of methoxy groups -OCH3 is 1. The molecule has 1 amide bonds. The molecule has 38 heavy (non-hydrogen) atoms. The number of anilines is 1. The van der Waals surface area contributed by atoms with Gasteiger partial charge in [-0.05, 0) is 64.0 Å². The van der Waals surface area contributed by atoms with Gasteiger partial charge in [-0.3, -0.25) is 4.79 Å². The molecule has 0 unspecified atom stereocenters. The van der Waals surface area contributed by atoms with Gasteiger partial charge in [0.15, 0.2) is 11.4 Å². The quantitative estimate of drug-likeness (QED) is 0.451. The Labute approximate surface area is 226 Å². The highest BCUT2D eigenvalue weighted by Crippen LogP contribution is 2.42. The molecule has 0 bridgehead atoms. The van der Waals surface area contributed by atoms with Crippen molar-refractivity contribution < 1.29 is 23.1 Å². The third kappa shape index (κ3) is 4.92. The van der Waals surface area contributed by atoms with Crippen LogP contribution in [0.1, 0.15) is 43.4 Å². The number of furan rings is 1. The number of nitrogens with two attached hydrogens (primary N) is 1. The number of hydrogen-bond donors (Lipinski definition) is 1. The largest absolute Gasteiger partial charge is 0.496 e. The number of amides is 1. The third-order valence-corrected chi connectivity index (χ3v) is 7.93. The normalized spacial score (nSPS) is 17.9. The minimum atomic E-state index is -0.704. The Kier molecular flexibility index (Phi) is 7.49. The Balaban J connectivity index is 1.37. The van der Waals surface area contributed by atoms with Crippen LogP contribution in [-0.4, -0.2) is 61.0 Å². The maximum atomic E-state index is 14.2. The number of aromatic nitrogens is 1. The van der Waals surface area contributed by atoms with Crippen LogP contribution in [0.5, 0.6) is 11.5 Å². The van der Waals surface area contributed by atoms with Crippen LogP contribution in [-0.2, 0) is 4.79 Å². The molecule has 2 aliphatic rings. The number of rotatable bonds is 6. The molecule has 8 nitrogen and oxygen atoms in total. The van der Waals surface area contributed by atoms with Crippen LogP contribution in [0.25, 0.3) is 16.5 Å². The van der Waals surface area contributed by atoms with E-state index in [1.54, 1.807) is 19.4 Å². The Bertz CT molecular complexity index is 1380. The van der Waals surface area contributed by atoms with Crippen molar-refractivity contribution in [2.75, 3.05) is 46.1 Å². The topological polar surface area (TPSA) is 94.1 Å². The van der Waals surface area contributed by atoms with E-state index in [2.05, 4.69) is 23.0 Å². The summed E-state index contributed by atoms with van der Waals surface area (Å²) in [6.45, 7) is 4.87. The standard InChI is InChI=1S/C28H32ClFN4O4/c1-16(23-22(36-3)5-4-21(30)24(23)29)38-26-25-19(14-32-27(26)31)20(15-37-25)17-8-12-34(13-9-17)28(35)18-6-10-33(2)11-7-18/h4-5,8,14-16,18H,6-7,9-13H2,1-3H3,(H2,31,32)/t16-/m1/s1. The Morgan fingerprint density at radius 2 is 2.05 bits per heavy atom. The van der Waals surface area contributed by atoms with Gasteiger partial charge < -0.3 is 29.4 Å². The van der Waals surface area contributed by atoms with Gasteiger partial charge in [0, 0.05) is 30.8 Å². The summed E-state index contributed by atoms with van der Waals surface area (Å²) in [6.07, 6.45) is 7.24. The number of fused-ring (bicyclic) bond motifs is 1. The molecule has 2 aromatic heterocycles. The molecular formula is C28H32ClFN4O4. The average Bonchev–Trinajstić information content (AvgIpc) is 3.36. The molecule has 5 rings (SSSR count). The minimum Gasteiger partial charge on any atom is -0.496 e. The molecular weight excluding hydrogens is 511 g/mol. The molecule has 4 heterocycles. The number of nitrogens with zero attached hydrogens (tertiary/aromatic N) is 3. The summed E-state index contributed by atoms with van der Waals surface area (Å²) in [5, 5.41) is 0.669. The minimum absolute atomic E-state index is 0.0811. The van der Waals surface area contributed by atoms with Crippen molar-refractivity contribution >= 4 is 39.9 Å². The summed E-state index contributed by atoms with van der Waals surface area (Å²) < 4.78 is 31.7. The molecule has 1 aromatic carbocycles. The fourth-order valence-electron chi connectivity index (χ4n) is 5.31. The van der Waals surface area contributed by atoms with Crippen LogP contribution < -0.4 is 15.2 Å². The van der Waals surface area contributed by atoms with Crippen LogP contribution >= 0.6 is 11.6 Å². The summed E-state index contributed by atoms with van der Waals surface area (Å²) >= 11 is 6.25. The molecule has 0 saturated carbocycles. The molecule has 202 valence electrons. The maximum absolute atomic E-state index is 14.2. The van der Waals surface area contributed by atoms with Gasteiger partial charge in [0.2, 0.25) is 11.7 Å². The molecule has 1 fully saturated rings. The number of halogens is 2.